The molecule has 0 aliphatic carbocycles. The van der Waals surface area contributed by atoms with Gasteiger partial charge in [-0.1, -0.05) is 42.5 Å². The van der Waals surface area contributed by atoms with Crippen molar-refractivity contribution in [3.05, 3.63) is 95.2 Å². The molecule has 9 nitrogen and oxygen atoms in total. The Bertz CT molecular complexity index is 1440. The van der Waals surface area contributed by atoms with E-state index in [0.717, 1.165) is 33.7 Å². The SMILES string of the molecule is COc1cccc(-c2ccc(C3C=C(C)N(CCOc4ccc(CCC(=O)O)c(CNC(=O)OC(C)C)c4)N3C)cc2)c1. The second-order valence-electron chi connectivity index (χ2n) is 10.8. The number of aliphatic carboxylic acids is 1. The maximum absolute atomic E-state index is 12.0. The molecule has 0 aromatic heterocycles. The largest absolute Gasteiger partial charge is 0.497 e. The number of rotatable bonds is 13. The molecule has 3 aromatic rings. The topological polar surface area (TPSA) is 101 Å². The van der Waals surface area contributed by atoms with E-state index in [1.807, 2.05) is 36.4 Å². The van der Waals surface area contributed by atoms with Gasteiger partial charge >= 0.3 is 12.1 Å². The van der Waals surface area contributed by atoms with Crippen molar-refractivity contribution in [1.82, 2.24) is 15.3 Å². The third kappa shape index (κ3) is 8.51. The number of allylic oxidation sites excluding steroid dienone is 1. The number of carboxylic acid groups (broad SMARTS) is 1. The van der Waals surface area contributed by atoms with E-state index in [1.165, 1.54) is 5.56 Å². The predicted octanol–water partition coefficient (Wildman–Crippen LogP) is 6.20. The van der Waals surface area contributed by atoms with Crippen LogP contribution in [0.5, 0.6) is 11.5 Å². The molecule has 228 valence electrons. The summed E-state index contributed by atoms with van der Waals surface area (Å²) in [6.07, 6.45) is 1.85. The van der Waals surface area contributed by atoms with Crippen LogP contribution in [-0.2, 0) is 22.5 Å². The molecule has 1 unspecified atom stereocenters. The predicted molar refractivity (Wildman–Crippen MR) is 166 cm³/mol. The fraction of sp³-hybridized carbons (Fsp3) is 0.353. The Kier molecular flexibility index (Phi) is 10.7. The van der Waals surface area contributed by atoms with Crippen LogP contribution >= 0.6 is 0 Å². The number of carbonyl (C=O) groups excluding carboxylic acids is 1. The smallest absolute Gasteiger partial charge is 0.407 e. The van der Waals surface area contributed by atoms with E-state index in [1.54, 1.807) is 21.0 Å². The summed E-state index contributed by atoms with van der Waals surface area (Å²) >= 11 is 0. The molecule has 1 aliphatic heterocycles. The van der Waals surface area contributed by atoms with E-state index < -0.39 is 12.1 Å². The number of hydrogen-bond acceptors (Lipinski definition) is 7. The lowest BCUT2D eigenvalue weighted by atomic mass is 10.0. The zero-order valence-corrected chi connectivity index (χ0v) is 25.5. The maximum Gasteiger partial charge on any atom is 0.407 e. The Balaban J connectivity index is 1.36. The summed E-state index contributed by atoms with van der Waals surface area (Å²) < 4.78 is 16.6. The molecule has 3 aromatic carbocycles. The second-order valence-corrected chi connectivity index (χ2v) is 10.8. The lowest BCUT2D eigenvalue weighted by Crippen LogP contribution is -2.38. The lowest BCUT2D eigenvalue weighted by Gasteiger charge is -2.32. The minimum atomic E-state index is -0.872. The molecule has 0 fully saturated rings. The molecule has 43 heavy (non-hydrogen) atoms. The number of hydrazine groups is 1. The molecular weight excluding hydrogens is 546 g/mol. The number of carboxylic acids is 1. The molecule has 1 heterocycles. The average Bonchev–Trinajstić information content (AvgIpc) is 3.27. The van der Waals surface area contributed by atoms with E-state index in [0.29, 0.717) is 25.3 Å². The Hall–Kier alpha value is -4.50. The van der Waals surface area contributed by atoms with Crippen LogP contribution in [0.3, 0.4) is 0 Å². The molecule has 0 bridgehead atoms. The molecule has 2 N–H and O–H groups in total. The molecule has 9 heteroatoms. The van der Waals surface area contributed by atoms with Crippen LogP contribution in [0.15, 0.2) is 78.5 Å². The van der Waals surface area contributed by atoms with Gasteiger partial charge in [-0.15, -0.1) is 0 Å². The Morgan fingerprint density at radius 2 is 1.74 bits per heavy atom. The van der Waals surface area contributed by atoms with Crippen molar-refractivity contribution in [2.75, 3.05) is 27.3 Å². The van der Waals surface area contributed by atoms with Gasteiger partial charge in [0.05, 0.1) is 25.8 Å². The first kappa shape index (κ1) is 31.4. The molecule has 0 saturated carbocycles. The first-order valence-corrected chi connectivity index (χ1v) is 14.5. The van der Waals surface area contributed by atoms with Gasteiger partial charge in [0.25, 0.3) is 0 Å². The number of carbonyl (C=O) groups is 2. The first-order chi connectivity index (χ1) is 20.6. The molecule has 0 saturated heterocycles. The average molecular weight is 588 g/mol. The van der Waals surface area contributed by atoms with Crippen molar-refractivity contribution >= 4 is 12.1 Å². The van der Waals surface area contributed by atoms with Crippen molar-refractivity contribution < 1.29 is 28.9 Å². The molecule has 1 atom stereocenters. The zero-order valence-electron chi connectivity index (χ0n) is 25.5. The number of nitrogens with zero attached hydrogens (tertiary/aromatic N) is 2. The molecule has 4 rings (SSSR count). The van der Waals surface area contributed by atoms with E-state index >= 15 is 0 Å². The third-order valence-electron chi connectivity index (χ3n) is 7.37. The van der Waals surface area contributed by atoms with Gasteiger partial charge in [-0.2, -0.15) is 0 Å². The van der Waals surface area contributed by atoms with Crippen molar-refractivity contribution in [3.63, 3.8) is 0 Å². The standard InChI is InChI=1S/C34H41N3O6/c1-23(2)43-34(40)35-22-29-21-31(15-13-26(29)14-16-33(38)39)42-18-17-37-24(3)19-32(36(37)4)27-11-9-25(10-12-27)28-7-6-8-30(20-28)41-5/h6-13,15,19-21,23,32H,14,16-18,22H2,1-5H3,(H,35,40)(H,38,39). The molecule has 0 radical (unpaired) electrons. The fourth-order valence-corrected chi connectivity index (χ4v) is 5.16. The fourth-order valence-electron chi connectivity index (χ4n) is 5.16. The van der Waals surface area contributed by atoms with Gasteiger partial charge in [0.15, 0.2) is 0 Å². The van der Waals surface area contributed by atoms with Crippen LogP contribution in [0.25, 0.3) is 11.1 Å². The Morgan fingerprint density at radius 3 is 2.44 bits per heavy atom. The van der Waals surface area contributed by atoms with Crippen molar-refractivity contribution in [3.8, 4) is 22.6 Å². The Labute approximate surface area is 253 Å². The van der Waals surface area contributed by atoms with E-state index in [2.05, 4.69) is 65.7 Å². The zero-order chi connectivity index (χ0) is 30.9. The first-order valence-electron chi connectivity index (χ1n) is 14.5. The number of nitrogens with one attached hydrogen (secondary N) is 1. The quantitative estimate of drug-likeness (QED) is 0.244. The van der Waals surface area contributed by atoms with Gasteiger partial charge in [-0.3, -0.25) is 4.79 Å². The summed E-state index contributed by atoms with van der Waals surface area (Å²) in [5.74, 6) is 0.617. The van der Waals surface area contributed by atoms with Crippen LogP contribution in [0.1, 0.15) is 49.9 Å². The second kappa shape index (κ2) is 14.6. The van der Waals surface area contributed by atoms with Crippen molar-refractivity contribution in [1.29, 1.82) is 0 Å². The lowest BCUT2D eigenvalue weighted by molar-refractivity contribution is -0.136. The molecule has 1 amide bonds. The minimum Gasteiger partial charge on any atom is -0.497 e. The summed E-state index contributed by atoms with van der Waals surface area (Å²) in [6.45, 7) is 6.95. The van der Waals surface area contributed by atoms with Crippen LogP contribution in [0.4, 0.5) is 4.79 Å². The number of ether oxygens (including phenoxy) is 3. The maximum atomic E-state index is 12.0. The van der Waals surface area contributed by atoms with Crippen LogP contribution in [0.2, 0.25) is 0 Å². The monoisotopic (exact) mass is 587 g/mol. The molecule has 1 aliphatic rings. The molecular formula is C34H41N3O6. The summed E-state index contributed by atoms with van der Waals surface area (Å²) in [4.78, 5) is 23.2. The Morgan fingerprint density at radius 1 is 0.977 bits per heavy atom. The van der Waals surface area contributed by atoms with Crippen molar-refractivity contribution in [2.24, 2.45) is 0 Å². The number of amides is 1. The number of alkyl carbamates (subject to hydrolysis) is 1. The summed E-state index contributed by atoms with van der Waals surface area (Å²) in [5.41, 5.74) is 6.23. The highest BCUT2D eigenvalue weighted by Gasteiger charge is 2.28. The van der Waals surface area contributed by atoms with Crippen LogP contribution in [0, 0.1) is 0 Å². The number of benzene rings is 3. The normalized spacial score (nSPS) is 14.9. The van der Waals surface area contributed by atoms with Gasteiger partial charge in [-0.25, -0.2) is 9.80 Å². The number of methoxy groups -OCH3 is 1. The number of aryl methyl sites for hydroxylation is 1. The summed E-state index contributed by atoms with van der Waals surface area (Å²) in [5, 5.41) is 16.3. The van der Waals surface area contributed by atoms with Crippen LogP contribution < -0.4 is 14.8 Å². The third-order valence-corrected chi connectivity index (χ3v) is 7.37. The number of likely N-dealkylation sites (N-methyl/N-ethyl adjacent to an activating group) is 1. The van der Waals surface area contributed by atoms with Crippen LogP contribution in [-0.4, -0.2) is 60.6 Å². The van der Waals surface area contributed by atoms with Crippen molar-refractivity contribution in [2.45, 2.75) is 52.3 Å². The summed E-state index contributed by atoms with van der Waals surface area (Å²) in [6, 6.07) is 22.3. The van der Waals surface area contributed by atoms with E-state index in [9.17, 15) is 9.59 Å². The van der Waals surface area contributed by atoms with Gasteiger partial charge in [0, 0.05) is 25.7 Å². The van der Waals surface area contributed by atoms with Gasteiger partial charge in [0.1, 0.15) is 18.1 Å². The van der Waals surface area contributed by atoms with E-state index in [-0.39, 0.29) is 25.1 Å². The number of hydrogen-bond donors (Lipinski definition) is 2. The van der Waals surface area contributed by atoms with Gasteiger partial charge in [0.2, 0.25) is 0 Å². The minimum absolute atomic E-state index is 0.00144. The van der Waals surface area contributed by atoms with Gasteiger partial charge < -0.3 is 29.6 Å². The highest BCUT2D eigenvalue weighted by molar-refractivity contribution is 5.68. The van der Waals surface area contributed by atoms with E-state index in [4.69, 9.17) is 19.3 Å². The highest BCUT2D eigenvalue weighted by Crippen LogP contribution is 2.33. The molecule has 0 spiro atoms. The highest BCUT2D eigenvalue weighted by atomic mass is 16.6. The summed E-state index contributed by atoms with van der Waals surface area (Å²) in [7, 11) is 3.75. The van der Waals surface area contributed by atoms with Gasteiger partial charge in [-0.05, 0) is 85.4 Å².